The minimum absolute atomic E-state index is 0.543. The molecule has 6 heteroatoms. The number of aromatic nitrogens is 1. The molecule has 2 aromatic rings. The fourth-order valence-corrected chi connectivity index (χ4v) is 2.86. The molecule has 20 heavy (non-hydrogen) atoms. The summed E-state index contributed by atoms with van der Waals surface area (Å²) in [5.74, 6) is 1.79. The first-order chi connectivity index (χ1) is 9.67. The largest absolute Gasteiger partial charge is 0.496 e. The highest BCUT2D eigenvalue weighted by atomic mass is 32.2. The molecule has 1 heterocycles. The van der Waals surface area contributed by atoms with Crippen LogP contribution in [0.4, 0.5) is 5.82 Å². The Bertz CT molecular complexity index is 617. The second-order valence-corrected chi connectivity index (χ2v) is 5.19. The maximum absolute atomic E-state index is 12.4. The molecule has 0 bridgehead atoms. The van der Waals surface area contributed by atoms with Crippen LogP contribution in [-0.4, -0.2) is 23.4 Å². The second kappa shape index (κ2) is 6.38. The number of pyridine rings is 1. The van der Waals surface area contributed by atoms with Gasteiger partial charge in [-0.3, -0.25) is 4.72 Å². The van der Waals surface area contributed by atoms with E-state index in [1.165, 1.54) is 0 Å². The molecule has 1 atom stereocenters. The van der Waals surface area contributed by atoms with Gasteiger partial charge in [0.2, 0.25) is 0 Å². The molecule has 0 aliphatic rings. The second-order valence-electron chi connectivity index (χ2n) is 4.01. The molecular formula is C14H16N2O3S. The van der Waals surface area contributed by atoms with Crippen molar-refractivity contribution in [3.05, 3.63) is 42.1 Å². The normalized spacial score (nSPS) is 11.8. The summed E-state index contributed by atoms with van der Waals surface area (Å²) in [4.78, 5) is 4.64. The molecule has 0 amide bonds. The molecule has 1 N–H and O–H groups in total. The average Bonchev–Trinajstić information content (AvgIpc) is 2.47. The highest BCUT2D eigenvalue weighted by molar-refractivity contribution is 7.86. The highest BCUT2D eigenvalue weighted by Crippen LogP contribution is 2.33. The van der Waals surface area contributed by atoms with Gasteiger partial charge in [-0.2, -0.15) is 0 Å². The minimum atomic E-state index is -1.46. The Morgan fingerprint density at radius 2 is 1.95 bits per heavy atom. The van der Waals surface area contributed by atoms with Crippen LogP contribution in [-0.2, 0) is 11.0 Å². The van der Waals surface area contributed by atoms with Gasteiger partial charge in [0.25, 0.3) is 0 Å². The van der Waals surface area contributed by atoms with Gasteiger partial charge < -0.3 is 9.47 Å². The van der Waals surface area contributed by atoms with E-state index in [-0.39, 0.29) is 0 Å². The van der Waals surface area contributed by atoms with Crippen molar-refractivity contribution in [1.29, 1.82) is 0 Å². The van der Waals surface area contributed by atoms with Crippen molar-refractivity contribution in [2.45, 2.75) is 11.8 Å². The molecular weight excluding hydrogens is 276 g/mol. The summed E-state index contributed by atoms with van der Waals surface area (Å²) in [5.41, 5.74) is 0.809. The van der Waals surface area contributed by atoms with E-state index in [1.54, 1.807) is 44.7 Å². The zero-order chi connectivity index (χ0) is 14.5. The van der Waals surface area contributed by atoms with Crippen LogP contribution in [0.2, 0.25) is 0 Å². The van der Waals surface area contributed by atoms with Gasteiger partial charge in [-0.1, -0.05) is 6.07 Å². The Kier molecular flexibility index (Phi) is 4.57. The predicted molar refractivity (Wildman–Crippen MR) is 78.6 cm³/mol. The number of methoxy groups -OCH3 is 2. The molecule has 0 spiro atoms. The van der Waals surface area contributed by atoms with Gasteiger partial charge in [0.15, 0.2) is 11.0 Å². The number of hydrogen-bond donors (Lipinski definition) is 1. The van der Waals surface area contributed by atoms with Gasteiger partial charge in [0.05, 0.1) is 14.2 Å². The lowest BCUT2D eigenvalue weighted by molar-refractivity contribution is 0.381. The third kappa shape index (κ3) is 2.91. The van der Waals surface area contributed by atoms with Crippen LogP contribution in [0, 0.1) is 6.92 Å². The third-order valence-electron chi connectivity index (χ3n) is 2.81. The first kappa shape index (κ1) is 14.3. The molecule has 0 saturated carbocycles. The highest BCUT2D eigenvalue weighted by Gasteiger charge is 2.16. The van der Waals surface area contributed by atoms with E-state index < -0.39 is 11.0 Å². The lowest BCUT2D eigenvalue weighted by Gasteiger charge is -2.14. The molecule has 1 aromatic carbocycles. The summed E-state index contributed by atoms with van der Waals surface area (Å²) < 4.78 is 25.8. The topological polar surface area (TPSA) is 60.5 Å². The van der Waals surface area contributed by atoms with Crippen molar-refractivity contribution < 1.29 is 13.7 Å². The number of nitrogens with one attached hydrogen (secondary N) is 1. The fraction of sp³-hybridized carbons (Fsp3) is 0.214. The summed E-state index contributed by atoms with van der Waals surface area (Å²) in [6, 6.07) is 8.86. The van der Waals surface area contributed by atoms with Crippen molar-refractivity contribution in [2.24, 2.45) is 0 Å². The van der Waals surface area contributed by atoms with Crippen molar-refractivity contribution in [1.82, 2.24) is 4.98 Å². The summed E-state index contributed by atoms with van der Waals surface area (Å²) in [6.07, 6.45) is 1.63. The summed E-state index contributed by atoms with van der Waals surface area (Å²) >= 11 is 0. The molecule has 0 unspecified atom stereocenters. The van der Waals surface area contributed by atoms with Gasteiger partial charge in [-0.15, -0.1) is 0 Å². The van der Waals surface area contributed by atoms with E-state index in [9.17, 15) is 4.21 Å². The van der Waals surface area contributed by atoms with Crippen molar-refractivity contribution >= 4 is 16.8 Å². The number of ether oxygens (including phenoxy) is 2. The van der Waals surface area contributed by atoms with Crippen molar-refractivity contribution in [2.75, 3.05) is 18.9 Å². The first-order valence-electron chi connectivity index (χ1n) is 5.98. The molecule has 1 aromatic heterocycles. The zero-order valence-corrected chi connectivity index (χ0v) is 12.4. The molecule has 106 valence electrons. The monoisotopic (exact) mass is 292 g/mol. The quantitative estimate of drug-likeness (QED) is 0.920. The number of anilines is 1. The van der Waals surface area contributed by atoms with Crippen LogP contribution >= 0.6 is 0 Å². The van der Waals surface area contributed by atoms with Gasteiger partial charge in [-0.05, 0) is 31.2 Å². The van der Waals surface area contributed by atoms with Crippen molar-refractivity contribution in [3.8, 4) is 11.5 Å². The maximum Gasteiger partial charge on any atom is 0.155 e. The van der Waals surface area contributed by atoms with E-state index >= 15 is 0 Å². The maximum atomic E-state index is 12.4. The molecule has 0 saturated heterocycles. The Hall–Kier alpha value is -2.08. The van der Waals surface area contributed by atoms with Crippen LogP contribution in [0.5, 0.6) is 11.5 Å². The Balaban J connectivity index is 2.33. The molecule has 0 radical (unpaired) electrons. The Morgan fingerprint density at radius 1 is 1.15 bits per heavy atom. The zero-order valence-electron chi connectivity index (χ0n) is 11.5. The smallest absolute Gasteiger partial charge is 0.155 e. The van der Waals surface area contributed by atoms with Crippen molar-refractivity contribution in [3.63, 3.8) is 0 Å². The van der Waals surface area contributed by atoms with E-state index in [4.69, 9.17) is 9.47 Å². The number of benzene rings is 1. The van der Waals surface area contributed by atoms with E-state index in [1.807, 2.05) is 13.0 Å². The van der Waals surface area contributed by atoms with E-state index in [0.29, 0.717) is 22.2 Å². The Labute approximate surface area is 120 Å². The van der Waals surface area contributed by atoms with Gasteiger partial charge >= 0.3 is 0 Å². The van der Waals surface area contributed by atoms with Crippen LogP contribution in [0.3, 0.4) is 0 Å². The van der Waals surface area contributed by atoms with Crippen LogP contribution in [0.25, 0.3) is 0 Å². The van der Waals surface area contributed by atoms with Gasteiger partial charge in [-0.25, -0.2) is 9.19 Å². The third-order valence-corrected chi connectivity index (χ3v) is 3.92. The summed E-state index contributed by atoms with van der Waals surface area (Å²) in [7, 11) is 1.67. The fourth-order valence-electron chi connectivity index (χ4n) is 1.84. The minimum Gasteiger partial charge on any atom is -0.496 e. The molecule has 0 fully saturated rings. The van der Waals surface area contributed by atoms with Crippen LogP contribution in [0.1, 0.15) is 5.56 Å². The lowest BCUT2D eigenvalue weighted by atomic mass is 10.2. The van der Waals surface area contributed by atoms with E-state index in [2.05, 4.69) is 9.71 Å². The Morgan fingerprint density at radius 3 is 2.55 bits per heavy atom. The lowest BCUT2D eigenvalue weighted by Crippen LogP contribution is -2.08. The molecule has 5 nitrogen and oxygen atoms in total. The van der Waals surface area contributed by atoms with Gasteiger partial charge in [0, 0.05) is 11.8 Å². The number of hydrogen-bond acceptors (Lipinski definition) is 4. The standard InChI is InChI=1S/C14H16N2O3S/c1-10-11(18-2)7-8-12(14(10)19-3)20(17)16-13-6-4-5-9-15-13/h4-9H,1-3H3,(H,15,16)/t20-/m1/s1. The molecule has 0 aliphatic heterocycles. The molecule has 2 rings (SSSR count). The van der Waals surface area contributed by atoms with Gasteiger partial charge in [0.1, 0.15) is 22.2 Å². The van der Waals surface area contributed by atoms with E-state index in [0.717, 1.165) is 5.56 Å². The summed E-state index contributed by atoms with van der Waals surface area (Å²) in [5, 5.41) is 0. The number of nitrogens with zero attached hydrogens (tertiary/aromatic N) is 1. The average molecular weight is 292 g/mol. The summed E-state index contributed by atoms with van der Waals surface area (Å²) in [6.45, 7) is 1.86. The van der Waals surface area contributed by atoms with Crippen LogP contribution < -0.4 is 14.2 Å². The van der Waals surface area contributed by atoms with Crippen LogP contribution in [0.15, 0.2) is 41.4 Å². The first-order valence-corrected chi connectivity index (χ1v) is 7.13. The SMILES string of the molecule is COc1ccc([S@@](=O)Nc2ccccn2)c(OC)c1C. The predicted octanol–water partition coefficient (Wildman–Crippen LogP) is 2.54. The molecule has 0 aliphatic carbocycles. The number of rotatable bonds is 5.